The number of pyridine rings is 1. The number of hydrogen-bond acceptors (Lipinski definition) is 3. The molecule has 0 radical (unpaired) electrons. The van der Waals surface area contributed by atoms with E-state index in [1.165, 1.54) is 10.9 Å². The van der Waals surface area contributed by atoms with Crippen molar-refractivity contribution in [3.8, 4) is 5.75 Å². The second kappa shape index (κ2) is 6.62. The molecule has 0 spiro atoms. The van der Waals surface area contributed by atoms with Gasteiger partial charge in [0.15, 0.2) is 0 Å². The van der Waals surface area contributed by atoms with Gasteiger partial charge in [0.05, 0.1) is 18.7 Å². The van der Waals surface area contributed by atoms with Crippen molar-refractivity contribution in [3.05, 3.63) is 60.6 Å². The van der Waals surface area contributed by atoms with Crippen LogP contribution < -0.4 is 10.1 Å². The summed E-state index contributed by atoms with van der Waals surface area (Å²) < 4.78 is 7.86. The summed E-state index contributed by atoms with van der Waals surface area (Å²) in [4.78, 5) is 4.28. The molecule has 1 N–H and O–H groups in total. The van der Waals surface area contributed by atoms with Crippen molar-refractivity contribution < 1.29 is 4.74 Å². The first kappa shape index (κ1) is 14.6. The van der Waals surface area contributed by atoms with E-state index in [9.17, 15) is 0 Å². The molecule has 1 unspecified atom stereocenters. The summed E-state index contributed by atoms with van der Waals surface area (Å²) in [6, 6.07) is 12.7. The summed E-state index contributed by atoms with van der Waals surface area (Å²) in [6.07, 6.45) is 6.89. The average molecular weight is 295 g/mol. The third-order valence-corrected chi connectivity index (χ3v) is 4.00. The molecule has 2 heterocycles. The van der Waals surface area contributed by atoms with Crippen LogP contribution in [0.3, 0.4) is 0 Å². The fraction of sp³-hybridized carbons (Fsp3) is 0.278. The van der Waals surface area contributed by atoms with E-state index in [2.05, 4.69) is 39.3 Å². The van der Waals surface area contributed by atoms with Crippen molar-refractivity contribution in [1.29, 1.82) is 0 Å². The molecule has 0 aliphatic heterocycles. The molecular weight excluding hydrogens is 274 g/mol. The summed E-state index contributed by atoms with van der Waals surface area (Å²) in [5.41, 5.74) is 2.34. The van der Waals surface area contributed by atoms with Crippen LogP contribution in [0.15, 0.2) is 55.0 Å². The highest BCUT2D eigenvalue weighted by molar-refractivity contribution is 5.86. The van der Waals surface area contributed by atoms with Crippen molar-refractivity contribution in [2.45, 2.75) is 12.5 Å². The van der Waals surface area contributed by atoms with E-state index in [-0.39, 0.29) is 6.04 Å². The zero-order chi connectivity index (χ0) is 15.4. The number of rotatable bonds is 6. The van der Waals surface area contributed by atoms with E-state index < -0.39 is 0 Å². The van der Waals surface area contributed by atoms with Crippen LogP contribution in [0.5, 0.6) is 5.75 Å². The molecule has 3 rings (SSSR count). The van der Waals surface area contributed by atoms with Gasteiger partial charge in [-0.2, -0.15) is 0 Å². The predicted molar refractivity (Wildman–Crippen MR) is 89.4 cm³/mol. The van der Waals surface area contributed by atoms with E-state index >= 15 is 0 Å². The van der Waals surface area contributed by atoms with Crippen LogP contribution in [0.4, 0.5) is 0 Å². The predicted octanol–water partition coefficient (Wildman–Crippen LogP) is 3.24. The summed E-state index contributed by atoms with van der Waals surface area (Å²) in [5, 5.41) is 4.43. The topological polar surface area (TPSA) is 39.1 Å². The van der Waals surface area contributed by atoms with Crippen LogP contribution in [-0.4, -0.2) is 30.3 Å². The highest BCUT2D eigenvalue weighted by Crippen LogP contribution is 2.32. The van der Waals surface area contributed by atoms with Crippen LogP contribution in [0, 0.1) is 0 Å². The highest BCUT2D eigenvalue weighted by atomic mass is 16.5. The molecule has 2 aromatic heterocycles. The second-order valence-corrected chi connectivity index (χ2v) is 5.32. The molecule has 22 heavy (non-hydrogen) atoms. The highest BCUT2D eigenvalue weighted by Gasteiger charge is 2.17. The fourth-order valence-electron chi connectivity index (χ4n) is 2.93. The molecule has 4 nitrogen and oxygen atoms in total. The zero-order valence-electron chi connectivity index (χ0n) is 13.0. The lowest BCUT2D eigenvalue weighted by atomic mass is 10.1. The maximum absolute atomic E-state index is 5.56. The molecule has 0 aliphatic rings. The Kier molecular flexibility index (Phi) is 4.39. The minimum Gasteiger partial charge on any atom is -0.495 e. The molecule has 0 bridgehead atoms. The lowest BCUT2D eigenvalue weighted by molar-refractivity contribution is 0.415. The molecule has 4 heteroatoms. The van der Waals surface area contributed by atoms with Crippen LogP contribution >= 0.6 is 0 Å². The number of ether oxygens (including phenoxy) is 1. The third-order valence-electron chi connectivity index (χ3n) is 4.00. The van der Waals surface area contributed by atoms with Gasteiger partial charge in [0.25, 0.3) is 0 Å². The van der Waals surface area contributed by atoms with Crippen LogP contribution in [-0.2, 0) is 0 Å². The number of aromatic nitrogens is 2. The number of nitrogens with zero attached hydrogens (tertiary/aromatic N) is 2. The van der Waals surface area contributed by atoms with Gasteiger partial charge in [0, 0.05) is 24.0 Å². The van der Waals surface area contributed by atoms with Crippen molar-refractivity contribution in [3.63, 3.8) is 0 Å². The van der Waals surface area contributed by atoms with Gasteiger partial charge < -0.3 is 14.6 Å². The summed E-state index contributed by atoms with van der Waals surface area (Å²) in [7, 11) is 3.70. The van der Waals surface area contributed by atoms with Gasteiger partial charge in [-0.25, -0.2) is 0 Å². The number of fused-ring (bicyclic) bond motifs is 1. The average Bonchev–Trinajstić information content (AvgIpc) is 3.00. The molecule has 1 atom stereocenters. The van der Waals surface area contributed by atoms with Gasteiger partial charge in [-0.1, -0.05) is 18.2 Å². The van der Waals surface area contributed by atoms with E-state index in [0.29, 0.717) is 0 Å². The van der Waals surface area contributed by atoms with Gasteiger partial charge >= 0.3 is 0 Å². The molecule has 0 amide bonds. The number of nitrogens with one attached hydrogen (secondary N) is 1. The SMILES string of the molecule is CNCCC(c1cccnc1)n1ccc2cccc(OC)c21. The maximum atomic E-state index is 5.56. The van der Waals surface area contributed by atoms with Gasteiger partial charge in [0.2, 0.25) is 0 Å². The second-order valence-electron chi connectivity index (χ2n) is 5.32. The monoisotopic (exact) mass is 295 g/mol. The van der Waals surface area contributed by atoms with Crippen LogP contribution in [0.25, 0.3) is 10.9 Å². The van der Waals surface area contributed by atoms with Crippen molar-refractivity contribution in [2.75, 3.05) is 20.7 Å². The molecule has 0 fully saturated rings. The van der Waals surface area contributed by atoms with Gasteiger partial charge in [-0.05, 0) is 43.8 Å². The summed E-state index contributed by atoms with van der Waals surface area (Å²) in [6.45, 7) is 0.939. The Morgan fingerprint density at radius 1 is 1.23 bits per heavy atom. The number of benzene rings is 1. The smallest absolute Gasteiger partial charge is 0.143 e. The Balaban J connectivity index is 2.12. The van der Waals surface area contributed by atoms with Crippen molar-refractivity contribution >= 4 is 10.9 Å². The summed E-state index contributed by atoms with van der Waals surface area (Å²) in [5.74, 6) is 0.904. The number of hydrogen-bond donors (Lipinski definition) is 1. The molecule has 0 aliphatic carbocycles. The molecule has 3 aromatic rings. The van der Waals surface area contributed by atoms with E-state index in [4.69, 9.17) is 4.74 Å². The Bertz CT molecular complexity index is 736. The van der Waals surface area contributed by atoms with Crippen LogP contribution in [0.2, 0.25) is 0 Å². The maximum Gasteiger partial charge on any atom is 0.143 e. The van der Waals surface area contributed by atoms with Crippen LogP contribution in [0.1, 0.15) is 18.0 Å². The zero-order valence-corrected chi connectivity index (χ0v) is 13.0. The molecule has 1 aromatic carbocycles. The van der Waals surface area contributed by atoms with E-state index in [1.54, 1.807) is 7.11 Å². The van der Waals surface area contributed by atoms with E-state index in [1.807, 2.05) is 37.6 Å². The van der Waals surface area contributed by atoms with Gasteiger partial charge in [-0.15, -0.1) is 0 Å². The van der Waals surface area contributed by atoms with E-state index in [0.717, 1.165) is 24.2 Å². The Morgan fingerprint density at radius 3 is 2.86 bits per heavy atom. The first-order chi connectivity index (χ1) is 10.8. The largest absolute Gasteiger partial charge is 0.495 e. The van der Waals surface area contributed by atoms with Gasteiger partial charge in [-0.3, -0.25) is 4.98 Å². The van der Waals surface area contributed by atoms with Crippen molar-refractivity contribution in [2.24, 2.45) is 0 Å². The molecule has 0 saturated heterocycles. The number of para-hydroxylation sites is 1. The minimum atomic E-state index is 0.231. The normalized spacial score (nSPS) is 12.5. The van der Waals surface area contributed by atoms with Crippen molar-refractivity contribution in [1.82, 2.24) is 14.9 Å². The summed E-state index contributed by atoms with van der Waals surface area (Å²) >= 11 is 0. The minimum absolute atomic E-state index is 0.231. The molecule has 114 valence electrons. The lowest BCUT2D eigenvalue weighted by Gasteiger charge is -2.21. The Morgan fingerprint density at radius 2 is 2.14 bits per heavy atom. The molecule has 0 saturated carbocycles. The fourth-order valence-corrected chi connectivity index (χ4v) is 2.93. The Labute approximate surface area is 130 Å². The standard InChI is InChI=1S/C18H21N3O/c1-19-11-8-16(15-6-4-10-20-13-15)21-12-9-14-5-3-7-17(22-2)18(14)21/h3-7,9-10,12-13,16,19H,8,11H2,1-2H3. The quantitative estimate of drug-likeness (QED) is 0.759. The third kappa shape index (κ3) is 2.70. The Hall–Kier alpha value is -2.33. The molecular formula is C18H21N3O. The first-order valence-electron chi connectivity index (χ1n) is 7.53. The lowest BCUT2D eigenvalue weighted by Crippen LogP contribution is -2.17. The van der Waals surface area contributed by atoms with Gasteiger partial charge in [0.1, 0.15) is 5.75 Å². The first-order valence-corrected chi connectivity index (χ1v) is 7.53. The number of methoxy groups -OCH3 is 1.